The van der Waals surface area contributed by atoms with Crippen molar-refractivity contribution in [1.82, 2.24) is 4.90 Å². The van der Waals surface area contributed by atoms with Gasteiger partial charge >= 0.3 is 0 Å². The van der Waals surface area contributed by atoms with Crippen molar-refractivity contribution < 1.29 is 4.74 Å². The smallest absolute Gasteiger partial charge is 0.117 e. The first-order valence-electron chi connectivity index (χ1n) is 5.50. The average molecular weight is 193 g/mol. The van der Waals surface area contributed by atoms with Gasteiger partial charge in [-0.1, -0.05) is 0 Å². The van der Waals surface area contributed by atoms with Gasteiger partial charge in [-0.15, -0.1) is 0 Å². The molecule has 0 atom stereocenters. The van der Waals surface area contributed by atoms with Gasteiger partial charge in [-0.2, -0.15) is 0 Å². The number of nitrogens with zero attached hydrogens (tertiary/aromatic N) is 1. The Kier molecular flexibility index (Phi) is 2.92. The van der Waals surface area contributed by atoms with E-state index in [1.165, 1.54) is 38.0 Å². The minimum Gasteiger partial charge on any atom is -0.465 e. The maximum Gasteiger partial charge on any atom is 0.117 e. The zero-order valence-electron chi connectivity index (χ0n) is 9.18. The van der Waals surface area contributed by atoms with Crippen LogP contribution in [0.5, 0.6) is 0 Å². The molecule has 0 saturated heterocycles. The van der Waals surface area contributed by atoms with Crippen molar-refractivity contribution in [2.45, 2.75) is 32.6 Å². The third-order valence-corrected chi connectivity index (χ3v) is 3.00. The van der Waals surface area contributed by atoms with Crippen molar-refractivity contribution in [3.8, 4) is 0 Å². The summed E-state index contributed by atoms with van der Waals surface area (Å²) in [6.07, 6.45) is 7.08. The summed E-state index contributed by atoms with van der Waals surface area (Å²) in [4.78, 5) is 2.33. The van der Waals surface area contributed by atoms with Crippen molar-refractivity contribution in [2.75, 3.05) is 20.1 Å². The number of allylic oxidation sites excluding steroid dienone is 2. The van der Waals surface area contributed by atoms with Crippen LogP contribution < -0.4 is 0 Å². The summed E-state index contributed by atoms with van der Waals surface area (Å²) < 4.78 is 5.86. The molecule has 0 aromatic heterocycles. The van der Waals surface area contributed by atoms with E-state index < -0.39 is 0 Å². The van der Waals surface area contributed by atoms with Crippen LogP contribution in [-0.4, -0.2) is 25.0 Å². The molecule has 2 heteroatoms. The molecular weight excluding hydrogens is 174 g/mol. The molecular formula is C12H19NO. The number of rotatable bonds is 0. The monoisotopic (exact) mass is 193 g/mol. The highest BCUT2D eigenvalue weighted by atomic mass is 16.5. The minimum absolute atomic E-state index is 0.987. The van der Waals surface area contributed by atoms with Crippen molar-refractivity contribution in [3.63, 3.8) is 0 Å². The van der Waals surface area contributed by atoms with E-state index in [9.17, 15) is 0 Å². The van der Waals surface area contributed by atoms with Gasteiger partial charge in [0.2, 0.25) is 0 Å². The van der Waals surface area contributed by atoms with E-state index in [1.54, 1.807) is 5.57 Å². The standard InChI is InChI=1S/C12H19NO/c1-10-5-3-4-6-11-7-8-13(2)9-12(11)14-10/h5H,3-4,6-9H2,1-2H3/b10-5+. The topological polar surface area (TPSA) is 12.5 Å². The molecule has 78 valence electrons. The van der Waals surface area contributed by atoms with E-state index in [4.69, 9.17) is 4.74 Å². The SMILES string of the molecule is C/C1=C\CCCC2=C(CN(C)CC2)O1. The second kappa shape index (κ2) is 4.18. The fourth-order valence-electron chi connectivity index (χ4n) is 2.13. The number of hydrogen-bond acceptors (Lipinski definition) is 2. The summed E-state index contributed by atoms with van der Waals surface area (Å²) in [6, 6.07) is 0. The van der Waals surface area contributed by atoms with Gasteiger partial charge in [0.15, 0.2) is 0 Å². The van der Waals surface area contributed by atoms with E-state index in [2.05, 4.69) is 24.9 Å². The van der Waals surface area contributed by atoms with Crippen LogP contribution in [0.15, 0.2) is 23.2 Å². The van der Waals surface area contributed by atoms with E-state index in [1.807, 2.05) is 0 Å². The molecule has 0 bridgehead atoms. The van der Waals surface area contributed by atoms with Gasteiger partial charge in [-0.3, -0.25) is 4.90 Å². The number of hydrogen-bond donors (Lipinski definition) is 0. The van der Waals surface area contributed by atoms with Crippen LogP contribution in [0.1, 0.15) is 32.6 Å². The molecule has 0 aromatic rings. The molecule has 0 aliphatic carbocycles. The molecule has 2 aliphatic heterocycles. The fourth-order valence-corrected chi connectivity index (χ4v) is 2.13. The number of likely N-dealkylation sites (N-methyl/N-ethyl adjacent to an activating group) is 1. The molecule has 0 aromatic carbocycles. The Bertz CT molecular complexity index is 278. The lowest BCUT2D eigenvalue weighted by molar-refractivity contribution is 0.217. The molecule has 2 heterocycles. The lowest BCUT2D eigenvalue weighted by atomic mass is 9.99. The quantitative estimate of drug-likeness (QED) is 0.586. The molecule has 0 amide bonds. The molecule has 2 aliphatic rings. The van der Waals surface area contributed by atoms with Crippen LogP contribution in [-0.2, 0) is 4.74 Å². The summed E-state index contributed by atoms with van der Waals surface area (Å²) in [6.45, 7) is 4.23. The lowest BCUT2D eigenvalue weighted by Crippen LogP contribution is -2.29. The molecule has 0 spiro atoms. The normalized spacial score (nSPS) is 28.3. The maximum atomic E-state index is 5.86. The summed E-state index contributed by atoms with van der Waals surface area (Å²) in [5.74, 6) is 2.29. The molecule has 0 fully saturated rings. The van der Waals surface area contributed by atoms with Gasteiger partial charge < -0.3 is 4.74 Å². The van der Waals surface area contributed by atoms with Gasteiger partial charge in [0, 0.05) is 6.54 Å². The zero-order valence-corrected chi connectivity index (χ0v) is 9.18. The third kappa shape index (κ3) is 2.18. The summed E-state index contributed by atoms with van der Waals surface area (Å²) in [5, 5.41) is 0. The Labute approximate surface area is 86.2 Å². The molecule has 14 heavy (non-hydrogen) atoms. The second-order valence-corrected chi connectivity index (χ2v) is 4.32. The molecule has 2 nitrogen and oxygen atoms in total. The molecule has 0 unspecified atom stereocenters. The fraction of sp³-hybridized carbons (Fsp3) is 0.667. The zero-order chi connectivity index (χ0) is 9.97. The highest BCUT2D eigenvalue weighted by Crippen LogP contribution is 2.26. The van der Waals surface area contributed by atoms with E-state index >= 15 is 0 Å². The van der Waals surface area contributed by atoms with Crippen molar-refractivity contribution in [1.29, 1.82) is 0 Å². The Morgan fingerprint density at radius 2 is 2.21 bits per heavy atom. The van der Waals surface area contributed by atoms with Crippen molar-refractivity contribution >= 4 is 0 Å². The van der Waals surface area contributed by atoms with E-state index in [0.717, 1.165) is 12.3 Å². The van der Waals surface area contributed by atoms with Gasteiger partial charge in [0.1, 0.15) is 5.76 Å². The second-order valence-electron chi connectivity index (χ2n) is 4.32. The van der Waals surface area contributed by atoms with Crippen LogP contribution in [0.25, 0.3) is 0 Å². The Hall–Kier alpha value is -0.760. The molecule has 0 saturated carbocycles. The van der Waals surface area contributed by atoms with Gasteiger partial charge in [-0.25, -0.2) is 0 Å². The highest BCUT2D eigenvalue weighted by molar-refractivity contribution is 5.17. The molecule has 0 N–H and O–H groups in total. The van der Waals surface area contributed by atoms with Crippen LogP contribution >= 0.6 is 0 Å². The first-order valence-corrected chi connectivity index (χ1v) is 5.50. The van der Waals surface area contributed by atoms with E-state index in [0.29, 0.717) is 0 Å². The van der Waals surface area contributed by atoms with Crippen molar-refractivity contribution in [2.24, 2.45) is 0 Å². The third-order valence-electron chi connectivity index (χ3n) is 3.00. The van der Waals surface area contributed by atoms with Crippen LogP contribution in [0, 0.1) is 0 Å². The summed E-state index contributed by atoms with van der Waals surface area (Å²) >= 11 is 0. The van der Waals surface area contributed by atoms with Gasteiger partial charge in [0.25, 0.3) is 0 Å². The minimum atomic E-state index is 0.987. The molecule has 0 radical (unpaired) electrons. The van der Waals surface area contributed by atoms with Gasteiger partial charge in [0.05, 0.1) is 12.3 Å². The van der Waals surface area contributed by atoms with Crippen LogP contribution in [0.2, 0.25) is 0 Å². The predicted molar refractivity (Wildman–Crippen MR) is 57.8 cm³/mol. The Morgan fingerprint density at radius 1 is 1.36 bits per heavy atom. The lowest BCUT2D eigenvalue weighted by Gasteiger charge is -2.28. The number of ether oxygens (including phenoxy) is 1. The first kappa shape index (κ1) is 9.78. The Morgan fingerprint density at radius 3 is 3.07 bits per heavy atom. The average Bonchev–Trinajstić information content (AvgIpc) is 2.12. The highest BCUT2D eigenvalue weighted by Gasteiger charge is 2.18. The maximum absolute atomic E-state index is 5.86. The van der Waals surface area contributed by atoms with Crippen LogP contribution in [0.3, 0.4) is 0 Å². The molecule has 2 rings (SSSR count). The van der Waals surface area contributed by atoms with E-state index in [-0.39, 0.29) is 0 Å². The predicted octanol–water partition coefficient (Wildman–Crippen LogP) is 2.68. The summed E-state index contributed by atoms with van der Waals surface area (Å²) in [5.41, 5.74) is 1.55. The van der Waals surface area contributed by atoms with Crippen LogP contribution in [0.4, 0.5) is 0 Å². The summed E-state index contributed by atoms with van der Waals surface area (Å²) in [7, 11) is 2.16. The van der Waals surface area contributed by atoms with Crippen molar-refractivity contribution in [3.05, 3.63) is 23.2 Å². The largest absolute Gasteiger partial charge is 0.465 e. The first-order chi connectivity index (χ1) is 6.75. The van der Waals surface area contributed by atoms with Gasteiger partial charge in [-0.05, 0) is 51.3 Å². The Balaban J connectivity index is 2.17.